The van der Waals surface area contributed by atoms with Gasteiger partial charge in [-0.2, -0.15) is 11.3 Å². The molecule has 1 aromatic carbocycles. The van der Waals surface area contributed by atoms with E-state index in [1.807, 2.05) is 27.8 Å². The summed E-state index contributed by atoms with van der Waals surface area (Å²) in [5.74, 6) is -0.000967. The molecule has 1 N–H and O–H groups in total. The lowest BCUT2D eigenvalue weighted by Gasteiger charge is -2.34. The number of rotatable bonds is 7. The maximum atomic E-state index is 12.5. The predicted molar refractivity (Wildman–Crippen MR) is 120 cm³/mol. The summed E-state index contributed by atoms with van der Waals surface area (Å²) in [7, 11) is 0. The summed E-state index contributed by atoms with van der Waals surface area (Å²) < 4.78 is 1.48. The maximum absolute atomic E-state index is 12.5. The molecule has 1 saturated heterocycles. The Kier molecular flexibility index (Phi) is 6.73. The third-order valence-corrected chi connectivity index (χ3v) is 6.17. The Labute approximate surface area is 184 Å². The smallest absolute Gasteiger partial charge is 0.261 e. The van der Waals surface area contributed by atoms with E-state index in [0.29, 0.717) is 37.1 Å². The fourth-order valence-corrected chi connectivity index (χ4v) is 4.30. The second-order valence-electron chi connectivity index (χ2n) is 7.51. The van der Waals surface area contributed by atoms with Crippen LogP contribution < -0.4 is 10.9 Å². The Hall–Kier alpha value is -3.04. The van der Waals surface area contributed by atoms with E-state index in [1.54, 1.807) is 18.2 Å². The number of carbonyl (C=O) groups excluding carboxylic acids is 2. The van der Waals surface area contributed by atoms with Gasteiger partial charge in [0, 0.05) is 57.6 Å². The van der Waals surface area contributed by atoms with Crippen molar-refractivity contribution in [3.63, 3.8) is 0 Å². The lowest BCUT2D eigenvalue weighted by molar-refractivity contribution is -0.121. The van der Waals surface area contributed by atoms with Crippen molar-refractivity contribution in [1.82, 2.24) is 24.7 Å². The van der Waals surface area contributed by atoms with Gasteiger partial charge in [-0.3, -0.25) is 23.9 Å². The van der Waals surface area contributed by atoms with Crippen LogP contribution in [-0.2, 0) is 11.3 Å². The Morgan fingerprint density at radius 2 is 1.87 bits per heavy atom. The third-order valence-electron chi connectivity index (χ3n) is 5.49. The Balaban J connectivity index is 1.17. The largest absolute Gasteiger partial charge is 0.355 e. The van der Waals surface area contributed by atoms with Gasteiger partial charge < -0.3 is 10.2 Å². The monoisotopic (exact) mass is 439 g/mol. The third kappa shape index (κ3) is 5.18. The number of benzene rings is 1. The van der Waals surface area contributed by atoms with E-state index in [9.17, 15) is 14.4 Å². The van der Waals surface area contributed by atoms with Gasteiger partial charge in [0.15, 0.2) is 0 Å². The van der Waals surface area contributed by atoms with Crippen LogP contribution in [0.25, 0.3) is 10.9 Å². The summed E-state index contributed by atoms with van der Waals surface area (Å²) in [6.07, 6.45) is 1.72. The maximum Gasteiger partial charge on any atom is 0.261 e. The zero-order valence-electron chi connectivity index (χ0n) is 17.2. The number of carbonyl (C=O) groups is 2. The molecule has 0 atom stereocenters. The van der Waals surface area contributed by atoms with Gasteiger partial charge in [0.05, 0.1) is 22.8 Å². The fourth-order valence-electron chi connectivity index (χ4n) is 3.67. The molecular formula is C22H25N5O3S. The highest BCUT2D eigenvalue weighted by Crippen LogP contribution is 2.11. The highest BCUT2D eigenvalue weighted by atomic mass is 32.1. The van der Waals surface area contributed by atoms with Crippen LogP contribution >= 0.6 is 11.3 Å². The SMILES string of the molecule is O=C(CCn1cnc2ccccc2c1=O)NCCN1CCN(C(=O)c2ccsc2)CC1. The molecule has 162 valence electrons. The summed E-state index contributed by atoms with van der Waals surface area (Å²) in [4.78, 5) is 45.4. The van der Waals surface area contributed by atoms with E-state index in [1.165, 1.54) is 22.2 Å². The van der Waals surface area contributed by atoms with Crippen LogP contribution in [0.4, 0.5) is 0 Å². The molecule has 31 heavy (non-hydrogen) atoms. The van der Waals surface area contributed by atoms with Crippen molar-refractivity contribution < 1.29 is 9.59 Å². The molecule has 9 heteroatoms. The Morgan fingerprint density at radius 1 is 1.06 bits per heavy atom. The fraction of sp³-hybridized carbons (Fsp3) is 0.364. The Bertz CT molecular complexity index is 1100. The molecule has 0 aliphatic carbocycles. The minimum atomic E-state index is -0.131. The molecule has 4 rings (SSSR count). The molecule has 0 radical (unpaired) electrons. The summed E-state index contributed by atoms with van der Waals surface area (Å²) in [5, 5.41) is 7.27. The van der Waals surface area contributed by atoms with Gasteiger partial charge in [-0.05, 0) is 23.6 Å². The van der Waals surface area contributed by atoms with Crippen LogP contribution in [0, 0.1) is 0 Å². The number of piperazine rings is 1. The van der Waals surface area contributed by atoms with Gasteiger partial charge in [-0.15, -0.1) is 0 Å². The van der Waals surface area contributed by atoms with Crippen LogP contribution in [0.1, 0.15) is 16.8 Å². The van der Waals surface area contributed by atoms with Gasteiger partial charge in [0.25, 0.3) is 11.5 Å². The van der Waals surface area contributed by atoms with Crippen LogP contribution in [0.15, 0.2) is 52.2 Å². The first-order chi connectivity index (χ1) is 15.1. The normalized spacial score (nSPS) is 14.6. The molecule has 1 aliphatic rings. The standard InChI is InChI=1S/C22H25N5O3S/c28-20(5-8-27-16-24-19-4-2-1-3-18(19)22(27)30)23-7-9-25-10-12-26(13-11-25)21(29)17-6-14-31-15-17/h1-4,6,14-16H,5,7-13H2,(H,23,28). The van der Waals surface area contributed by atoms with Crippen LogP contribution in [-0.4, -0.2) is 70.4 Å². The number of thiophene rings is 1. The van der Waals surface area contributed by atoms with E-state index >= 15 is 0 Å². The van der Waals surface area contributed by atoms with Crippen molar-refractivity contribution >= 4 is 34.1 Å². The molecule has 3 heterocycles. The first kappa shape index (κ1) is 21.2. The van der Waals surface area contributed by atoms with E-state index in [2.05, 4.69) is 15.2 Å². The molecule has 0 bridgehead atoms. The summed E-state index contributed by atoms with van der Waals surface area (Å²) in [6, 6.07) is 9.05. The number of amides is 2. The quantitative estimate of drug-likeness (QED) is 0.602. The number of hydrogen-bond donors (Lipinski definition) is 1. The zero-order chi connectivity index (χ0) is 21.6. The average Bonchev–Trinajstić information content (AvgIpc) is 3.34. The Morgan fingerprint density at radius 3 is 2.65 bits per heavy atom. The predicted octanol–water partition coefficient (Wildman–Crippen LogP) is 1.42. The number of aryl methyl sites for hydroxylation is 1. The molecule has 2 aromatic heterocycles. The van der Waals surface area contributed by atoms with E-state index < -0.39 is 0 Å². The molecule has 1 fully saturated rings. The second kappa shape index (κ2) is 9.84. The summed E-state index contributed by atoms with van der Waals surface area (Å²) >= 11 is 1.53. The van der Waals surface area contributed by atoms with Crippen molar-refractivity contribution in [3.05, 3.63) is 63.3 Å². The second-order valence-corrected chi connectivity index (χ2v) is 8.29. The first-order valence-electron chi connectivity index (χ1n) is 10.4. The van der Waals surface area contributed by atoms with Crippen molar-refractivity contribution in [2.24, 2.45) is 0 Å². The summed E-state index contributed by atoms with van der Waals surface area (Å²) in [5.41, 5.74) is 1.28. The van der Waals surface area contributed by atoms with Gasteiger partial charge in [0.2, 0.25) is 5.91 Å². The average molecular weight is 440 g/mol. The van der Waals surface area contributed by atoms with Crippen molar-refractivity contribution in [3.8, 4) is 0 Å². The van der Waals surface area contributed by atoms with Crippen molar-refractivity contribution in [2.45, 2.75) is 13.0 Å². The highest BCUT2D eigenvalue weighted by molar-refractivity contribution is 7.08. The molecule has 1 aliphatic heterocycles. The summed E-state index contributed by atoms with van der Waals surface area (Å²) in [6.45, 7) is 4.56. The highest BCUT2D eigenvalue weighted by Gasteiger charge is 2.22. The number of para-hydroxylation sites is 1. The molecule has 0 unspecified atom stereocenters. The number of hydrogen-bond acceptors (Lipinski definition) is 6. The van der Waals surface area contributed by atoms with Crippen LogP contribution in [0.5, 0.6) is 0 Å². The van der Waals surface area contributed by atoms with Crippen LogP contribution in [0.3, 0.4) is 0 Å². The molecule has 3 aromatic rings. The van der Waals surface area contributed by atoms with Gasteiger partial charge in [-0.1, -0.05) is 12.1 Å². The number of aromatic nitrogens is 2. The topological polar surface area (TPSA) is 87.5 Å². The molecule has 0 spiro atoms. The lowest BCUT2D eigenvalue weighted by Crippen LogP contribution is -2.50. The van der Waals surface area contributed by atoms with E-state index in [4.69, 9.17) is 0 Å². The minimum absolute atomic E-state index is 0.0904. The van der Waals surface area contributed by atoms with E-state index in [0.717, 1.165) is 25.2 Å². The van der Waals surface area contributed by atoms with Crippen molar-refractivity contribution in [1.29, 1.82) is 0 Å². The number of fused-ring (bicyclic) bond motifs is 1. The molecular weight excluding hydrogens is 414 g/mol. The van der Waals surface area contributed by atoms with Crippen LogP contribution in [0.2, 0.25) is 0 Å². The number of nitrogens with one attached hydrogen (secondary N) is 1. The lowest BCUT2D eigenvalue weighted by atomic mass is 10.2. The van der Waals surface area contributed by atoms with Crippen molar-refractivity contribution in [2.75, 3.05) is 39.3 Å². The van der Waals surface area contributed by atoms with Gasteiger partial charge in [0.1, 0.15) is 0 Å². The van der Waals surface area contributed by atoms with Gasteiger partial charge in [-0.25, -0.2) is 4.98 Å². The molecule has 8 nitrogen and oxygen atoms in total. The first-order valence-corrected chi connectivity index (χ1v) is 11.3. The minimum Gasteiger partial charge on any atom is -0.355 e. The number of nitrogens with zero attached hydrogens (tertiary/aromatic N) is 4. The molecule has 0 saturated carbocycles. The van der Waals surface area contributed by atoms with Gasteiger partial charge >= 0.3 is 0 Å². The van der Waals surface area contributed by atoms with E-state index in [-0.39, 0.29) is 23.8 Å². The molecule has 2 amide bonds. The zero-order valence-corrected chi connectivity index (χ0v) is 18.0.